The summed E-state index contributed by atoms with van der Waals surface area (Å²) in [6.07, 6.45) is 10.6. The van der Waals surface area contributed by atoms with Crippen molar-refractivity contribution in [1.29, 1.82) is 0 Å². The SMILES string of the molecule is CCCCCCCCCCCCNS(=O)(=O)c1ccc(Cl)c(NC(=O)C(C(O)c2cc(-c3ccc(OC)cc3)n[nH]2)n2c(O)cn(Cc3ccccc3)c2=O)c1. The summed E-state index contributed by atoms with van der Waals surface area (Å²) in [5.41, 5.74) is 1.09. The van der Waals surface area contributed by atoms with Crippen LogP contribution >= 0.6 is 11.6 Å². The Kier molecular flexibility index (Phi) is 15.3. The third-order valence-corrected chi connectivity index (χ3v) is 11.4. The minimum absolute atomic E-state index is 0.0155. The van der Waals surface area contributed by atoms with Crippen LogP contribution in [0.1, 0.15) is 94.5 Å². The number of hydrogen-bond acceptors (Lipinski definition) is 8. The number of methoxy groups -OCH3 is 1. The van der Waals surface area contributed by atoms with Crippen LogP contribution in [0.5, 0.6) is 11.6 Å². The maximum absolute atomic E-state index is 14.2. The number of halogens is 1. The molecule has 2 atom stereocenters. The Bertz CT molecular complexity index is 2190. The fourth-order valence-corrected chi connectivity index (χ4v) is 7.76. The Balaban J connectivity index is 1.34. The van der Waals surface area contributed by atoms with Gasteiger partial charge in [-0.05, 0) is 60.5 Å². The van der Waals surface area contributed by atoms with Gasteiger partial charge in [-0.25, -0.2) is 22.5 Å². The van der Waals surface area contributed by atoms with Gasteiger partial charge in [0.1, 0.15) is 11.9 Å². The van der Waals surface area contributed by atoms with Gasteiger partial charge in [-0.1, -0.05) is 107 Å². The highest BCUT2D eigenvalue weighted by Gasteiger charge is 2.36. The first-order chi connectivity index (χ1) is 27.0. The number of sulfonamides is 1. The normalized spacial score (nSPS) is 12.7. The number of nitrogens with zero attached hydrogens (tertiary/aromatic N) is 3. The molecule has 5 N–H and O–H groups in total. The van der Waals surface area contributed by atoms with E-state index in [0.29, 0.717) is 23.4 Å². The number of unbranched alkanes of at least 4 members (excludes halogenated alkanes) is 9. The summed E-state index contributed by atoms with van der Waals surface area (Å²) < 4.78 is 36.4. The van der Waals surface area contributed by atoms with Gasteiger partial charge in [0.25, 0.3) is 5.91 Å². The van der Waals surface area contributed by atoms with Gasteiger partial charge < -0.3 is 20.3 Å². The van der Waals surface area contributed by atoms with Crippen LogP contribution in [0.4, 0.5) is 5.69 Å². The van der Waals surface area contributed by atoms with E-state index in [1.54, 1.807) is 43.5 Å². The number of nitrogens with one attached hydrogen (secondary N) is 3. The fourth-order valence-electron chi connectivity index (χ4n) is 6.49. The second-order valence-corrected chi connectivity index (χ2v) is 16.0. The molecule has 0 aliphatic heterocycles. The number of H-pyrrole nitrogens is 1. The summed E-state index contributed by atoms with van der Waals surface area (Å²) in [6.45, 7) is 2.53. The van der Waals surface area contributed by atoms with Gasteiger partial charge in [0.2, 0.25) is 15.9 Å². The number of aliphatic hydroxyl groups excluding tert-OH is 1. The number of rotatable bonds is 22. The number of aliphatic hydroxyl groups is 1. The van der Waals surface area contributed by atoms with E-state index in [0.717, 1.165) is 29.4 Å². The zero-order valence-electron chi connectivity index (χ0n) is 31.8. The van der Waals surface area contributed by atoms with Crippen molar-refractivity contribution < 1.29 is 28.2 Å². The van der Waals surface area contributed by atoms with E-state index in [2.05, 4.69) is 27.2 Å². The number of aromatic nitrogens is 4. The molecular weight excluding hydrogens is 756 g/mol. The van der Waals surface area contributed by atoms with Crippen molar-refractivity contribution in [2.75, 3.05) is 19.0 Å². The lowest BCUT2D eigenvalue weighted by molar-refractivity contribution is -0.123. The van der Waals surface area contributed by atoms with Crippen molar-refractivity contribution in [3.8, 4) is 22.9 Å². The molecule has 300 valence electrons. The molecule has 0 bridgehead atoms. The lowest BCUT2D eigenvalue weighted by atomic mass is 10.0. The first kappa shape index (κ1) is 42.3. The highest BCUT2D eigenvalue weighted by molar-refractivity contribution is 7.89. The van der Waals surface area contributed by atoms with Crippen molar-refractivity contribution in [3.05, 3.63) is 112 Å². The number of aromatic amines is 1. The zero-order chi connectivity index (χ0) is 40.1. The van der Waals surface area contributed by atoms with Crippen LogP contribution in [-0.4, -0.2) is 57.5 Å². The molecule has 0 radical (unpaired) electrons. The first-order valence-corrected chi connectivity index (χ1v) is 20.9. The predicted octanol–water partition coefficient (Wildman–Crippen LogP) is 7.57. The van der Waals surface area contributed by atoms with Gasteiger partial charge in [0.15, 0.2) is 6.04 Å². The zero-order valence-corrected chi connectivity index (χ0v) is 33.4. The number of imidazole rings is 1. The van der Waals surface area contributed by atoms with Gasteiger partial charge in [-0.3, -0.25) is 14.5 Å². The van der Waals surface area contributed by atoms with Gasteiger partial charge >= 0.3 is 5.69 Å². The molecule has 5 aromatic rings. The second-order valence-electron chi connectivity index (χ2n) is 13.8. The summed E-state index contributed by atoms with van der Waals surface area (Å²) >= 11 is 6.47. The van der Waals surface area contributed by atoms with E-state index >= 15 is 0 Å². The van der Waals surface area contributed by atoms with Crippen LogP contribution < -0.4 is 20.5 Å². The smallest absolute Gasteiger partial charge is 0.332 e. The van der Waals surface area contributed by atoms with Crippen molar-refractivity contribution >= 4 is 33.2 Å². The second kappa shape index (κ2) is 20.3. The molecule has 2 aromatic heterocycles. The number of amides is 1. The van der Waals surface area contributed by atoms with Crippen LogP contribution in [0.3, 0.4) is 0 Å². The Morgan fingerprint density at radius 3 is 2.25 bits per heavy atom. The van der Waals surface area contributed by atoms with Gasteiger partial charge in [-0.15, -0.1) is 0 Å². The van der Waals surface area contributed by atoms with Crippen LogP contribution in [0.2, 0.25) is 5.02 Å². The van der Waals surface area contributed by atoms with Gasteiger partial charge in [0.05, 0.1) is 46.8 Å². The summed E-state index contributed by atoms with van der Waals surface area (Å²) in [5, 5.41) is 32.6. The number of anilines is 1. The molecule has 13 nitrogen and oxygen atoms in total. The molecule has 0 saturated carbocycles. The van der Waals surface area contributed by atoms with E-state index in [9.17, 15) is 28.2 Å². The Morgan fingerprint density at radius 1 is 0.929 bits per heavy atom. The molecule has 0 aliphatic rings. The monoisotopic (exact) mass is 806 g/mol. The number of carbonyl (C=O) groups is 1. The number of benzene rings is 3. The van der Waals surface area contributed by atoms with Crippen LogP contribution in [-0.2, 0) is 21.4 Å². The van der Waals surface area contributed by atoms with E-state index in [1.807, 2.05) is 18.2 Å². The molecule has 0 spiro atoms. The van der Waals surface area contributed by atoms with E-state index in [1.165, 1.54) is 73.6 Å². The highest BCUT2D eigenvalue weighted by Crippen LogP contribution is 2.33. The van der Waals surface area contributed by atoms with Crippen LogP contribution in [0.15, 0.2) is 94.7 Å². The molecular formula is C41H51ClN6O7S. The van der Waals surface area contributed by atoms with Gasteiger partial charge in [0, 0.05) is 12.1 Å². The molecule has 3 aromatic carbocycles. The summed E-state index contributed by atoms with van der Waals surface area (Å²) in [4.78, 5) is 27.9. The number of hydrogen-bond donors (Lipinski definition) is 5. The lowest BCUT2D eigenvalue weighted by Gasteiger charge is -2.23. The first-order valence-electron chi connectivity index (χ1n) is 19.0. The molecule has 0 saturated heterocycles. The minimum Gasteiger partial charge on any atom is -0.497 e. The third-order valence-electron chi connectivity index (χ3n) is 9.64. The maximum Gasteiger partial charge on any atom is 0.332 e. The Labute approximate surface area is 332 Å². The van der Waals surface area contributed by atoms with E-state index in [-0.39, 0.29) is 34.4 Å². The standard InChI is InChI=1S/C41H51ClN6O7S/c1-3-4-5-6-7-8-9-10-11-15-24-43-56(53,54)32-22-23-33(42)35(25-32)44-40(51)38(48-37(49)28-47(41(48)52)27-29-16-13-12-14-17-29)39(50)36-26-34(45-46-36)30-18-20-31(55-2)21-19-30/h12-14,16-23,25-26,28,38-39,43,49-50H,3-11,15,24,27H2,1-2H3,(H,44,51)(H,45,46). The molecule has 15 heteroatoms. The lowest BCUT2D eigenvalue weighted by Crippen LogP contribution is -2.38. The maximum atomic E-state index is 14.2. The summed E-state index contributed by atoms with van der Waals surface area (Å²) in [5.74, 6) is -0.905. The van der Waals surface area contributed by atoms with E-state index < -0.39 is 39.6 Å². The van der Waals surface area contributed by atoms with E-state index in [4.69, 9.17) is 16.3 Å². The molecule has 2 unspecified atom stereocenters. The minimum atomic E-state index is -3.97. The Morgan fingerprint density at radius 2 is 1.59 bits per heavy atom. The van der Waals surface area contributed by atoms with Gasteiger partial charge in [-0.2, -0.15) is 5.10 Å². The molecule has 0 fully saturated rings. The molecule has 5 rings (SSSR count). The van der Waals surface area contributed by atoms with Crippen LogP contribution in [0.25, 0.3) is 11.3 Å². The largest absolute Gasteiger partial charge is 0.497 e. The van der Waals surface area contributed by atoms with Crippen molar-refractivity contribution in [1.82, 2.24) is 24.1 Å². The fraction of sp³-hybridized carbons (Fsp3) is 0.390. The van der Waals surface area contributed by atoms with Crippen molar-refractivity contribution in [2.24, 2.45) is 0 Å². The molecule has 0 aliphatic carbocycles. The summed E-state index contributed by atoms with van der Waals surface area (Å²) in [7, 11) is -2.43. The average Bonchev–Trinajstić information content (AvgIpc) is 3.79. The molecule has 1 amide bonds. The number of carbonyl (C=O) groups excluding carboxylic acids is 1. The predicted molar refractivity (Wildman–Crippen MR) is 218 cm³/mol. The summed E-state index contributed by atoms with van der Waals surface area (Å²) in [6, 6.07) is 19.7. The van der Waals surface area contributed by atoms with Crippen molar-refractivity contribution in [2.45, 2.75) is 94.7 Å². The Hall–Kier alpha value is -4.89. The van der Waals surface area contributed by atoms with Crippen LogP contribution in [0, 0.1) is 0 Å². The third kappa shape index (κ3) is 11.1. The number of aromatic hydroxyl groups is 1. The number of ether oxygens (including phenoxy) is 1. The molecule has 2 heterocycles. The quantitative estimate of drug-likeness (QED) is 0.0444. The highest BCUT2D eigenvalue weighted by atomic mass is 35.5. The van der Waals surface area contributed by atoms with Crippen molar-refractivity contribution in [3.63, 3.8) is 0 Å². The molecule has 56 heavy (non-hydrogen) atoms. The average molecular weight is 807 g/mol. The topological polar surface area (TPSA) is 181 Å².